The van der Waals surface area contributed by atoms with E-state index in [0.29, 0.717) is 19.3 Å². The molecule has 0 bridgehead atoms. The van der Waals surface area contributed by atoms with E-state index in [0.717, 1.165) is 135 Å². The van der Waals surface area contributed by atoms with Gasteiger partial charge in [0.1, 0.15) is 13.2 Å². The molecule has 0 spiro atoms. The molecule has 0 fully saturated rings. The van der Waals surface area contributed by atoms with Crippen LogP contribution in [-0.4, -0.2) is 37.2 Å². The zero-order chi connectivity index (χ0) is 57.1. The Balaban J connectivity index is 4.54. The maximum Gasteiger partial charge on any atom is 0.306 e. The second-order valence-corrected chi connectivity index (χ2v) is 20.5. The van der Waals surface area contributed by atoms with Crippen LogP contribution in [0.1, 0.15) is 265 Å². The molecule has 79 heavy (non-hydrogen) atoms. The lowest BCUT2D eigenvalue weighted by Crippen LogP contribution is -2.30. The lowest BCUT2D eigenvalue weighted by atomic mass is 10.1. The summed E-state index contributed by atoms with van der Waals surface area (Å²) in [6.45, 7) is 6.32. The molecule has 1 unspecified atom stereocenters. The molecule has 0 aliphatic rings. The van der Waals surface area contributed by atoms with Gasteiger partial charge in [0, 0.05) is 19.3 Å². The van der Waals surface area contributed by atoms with Crippen LogP contribution >= 0.6 is 0 Å². The first-order valence-electron chi connectivity index (χ1n) is 32.0. The van der Waals surface area contributed by atoms with Gasteiger partial charge in [0.25, 0.3) is 0 Å². The topological polar surface area (TPSA) is 78.9 Å². The quantitative estimate of drug-likeness (QED) is 0.0261. The van der Waals surface area contributed by atoms with Gasteiger partial charge in [0.15, 0.2) is 6.10 Å². The van der Waals surface area contributed by atoms with Crippen molar-refractivity contribution in [3.8, 4) is 0 Å². The van der Waals surface area contributed by atoms with Gasteiger partial charge in [-0.1, -0.05) is 269 Å². The number of unbranched alkanes of at least 4 members (excludes halogenated alkanes) is 19. The lowest BCUT2D eigenvalue weighted by Gasteiger charge is -2.18. The lowest BCUT2D eigenvalue weighted by molar-refractivity contribution is -0.166. The van der Waals surface area contributed by atoms with Crippen molar-refractivity contribution in [3.05, 3.63) is 158 Å². The minimum atomic E-state index is -0.838. The van der Waals surface area contributed by atoms with Crippen molar-refractivity contribution in [1.82, 2.24) is 0 Å². The van der Waals surface area contributed by atoms with E-state index >= 15 is 0 Å². The van der Waals surface area contributed by atoms with Crippen LogP contribution in [0.4, 0.5) is 0 Å². The van der Waals surface area contributed by atoms with Crippen molar-refractivity contribution in [2.45, 2.75) is 271 Å². The van der Waals surface area contributed by atoms with E-state index in [-0.39, 0.29) is 31.6 Å². The number of hydrogen-bond acceptors (Lipinski definition) is 6. The smallest absolute Gasteiger partial charge is 0.306 e. The normalized spacial score (nSPS) is 13.2. The van der Waals surface area contributed by atoms with Gasteiger partial charge in [0.2, 0.25) is 0 Å². The third-order valence-corrected chi connectivity index (χ3v) is 13.0. The molecule has 0 rings (SSSR count). The van der Waals surface area contributed by atoms with Crippen LogP contribution in [0.2, 0.25) is 0 Å². The Kier molecular flexibility index (Phi) is 61.4. The number of rotatable bonds is 56. The highest BCUT2D eigenvalue weighted by molar-refractivity contribution is 5.71. The number of hydrogen-bond donors (Lipinski definition) is 0. The standard InChI is InChI=1S/C73H116O6/c1-4-7-10-13-16-19-22-25-28-31-34-35-36-37-40-42-45-48-51-54-57-60-63-66-72(75)78-69-70(79-73(76)67-64-61-58-55-52-49-46-43-39-33-30-27-24-21-18-15-12-9-6-3)68-77-71(74)65-62-59-56-53-50-47-44-41-38-32-29-26-23-20-17-14-11-8-5-2/h8-9,11-12,17-18,20-22,25-27,29-31,34,36-39,41,43,49,52,58,61,70H,4-7,10,13-16,19,23-24,28,32-33,35,40,42,44-48,50-51,53-57,59-60,62-69H2,1-3H3/b11-8-,12-9-,20-17-,21-18-,25-22-,29-26-,30-27-,34-31-,37-36-,41-38-,43-39-,52-49-,61-58-. The van der Waals surface area contributed by atoms with Crippen LogP contribution in [0, 0.1) is 0 Å². The molecule has 0 aliphatic carbocycles. The minimum absolute atomic E-state index is 0.123. The summed E-state index contributed by atoms with van der Waals surface area (Å²) >= 11 is 0. The Hall–Kier alpha value is -4.97. The Morgan fingerprint density at radius 1 is 0.266 bits per heavy atom. The highest BCUT2D eigenvalue weighted by atomic mass is 16.6. The Morgan fingerprint density at radius 2 is 0.519 bits per heavy atom. The molecule has 444 valence electrons. The number of allylic oxidation sites excluding steroid dienone is 26. The first-order valence-corrected chi connectivity index (χ1v) is 32.0. The van der Waals surface area contributed by atoms with Gasteiger partial charge < -0.3 is 14.2 Å². The van der Waals surface area contributed by atoms with Crippen molar-refractivity contribution >= 4 is 17.9 Å². The highest BCUT2D eigenvalue weighted by Crippen LogP contribution is 2.14. The van der Waals surface area contributed by atoms with Crippen LogP contribution < -0.4 is 0 Å². The molecule has 0 aromatic rings. The third kappa shape index (κ3) is 63.7. The van der Waals surface area contributed by atoms with Crippen molar-refractivity contribution in [2.24, 2.45) is 0 Å². The van der Waals surface area contributed by atoms with E-state index in [9.17, 15) is 14.4 Å². The molecule has 0 heterocycles. The largest absolute Gasteiger partial charge is 0.462 e. The first kappa shape index (κ1) is 74.0. The molecule has 0 saturated heterocycles. The van der Waals surface area contributed by atoms with Gasteiger partial charge in [-0.15, -0.1) is 0 Å². The SMILES string of the molecule is CC/C=C\C/C=C\C/C=C\C/C=C\C/C=C\C/C=C\CCC(=O)OC(COC(=O)CCCCCCCC/C=C\C/C=C\C/C=C\C/C=C\CC)COC(=O)CCCCCCCCCC/C=C\C/C=C\C/C=C\CCCCCCC. The predicted octanol–water partition coefficient (Wildman–Crippen LogP) is 22.1. The maximum atomic E-state index is 12.9. The fourth-order valence-electron chi connectivity index (χ4n) is 8.29. The molecule has 0 radical (unpaired) electrons. The molecule has 1 atom stereocenters. The average molecular weight is 1090 g/mol. The molecule has 0 amide bonds. The van der Waals surface area contributed by atoms with E-state index in [1.807, 2.05) is 12.2 Å². The van der Waals surface area contributed by atoms with E-state index < -0.39 is 12.1 Å². The van der Waals surface area contributed by atoms with Crippen molar-refractivity contribution in [2.75, 3.05) is 13.2 Å². The van der Waals surface area contributed by atoms with E-state index in [2.05, 4.69) is 167 Å². The van der Waals surface area contributed by atoms with Gasteiger partial charge in [-0.3, -0.25) is 14.4 Å². The Morgan fingerprint density at radius 3 is 0.823 bits per heavy atom. The molecule has 0 N–H and O–H groups in total. The number of ether oxygens (including phenoxy) is 3. The number of carbonyl (C=O) groups is 3. The summed E-state index contributed by atoms with van der Waals surface area (Å²) in [5, 5.41) is 0. The zero-order valence-corrected chi connectivity index (χ0v) is 50.8. The Labute approximate surface area is 486 Å². The van der Waals surface area contributed by atoms with Gasteiger partial charge in [-0.2, -0.15) is 0 Å². The molecule has 0 aromatic heterocycles. The van der Waals surface area contributed by atoms with Crippen LogP contribution in [-0.2, 0) is 28.6 Å². The summed E-state index contributed by atoms with van der Waals surface area (Å²) in [4.78, 5) is 38.3. The molecular formula is C73H116O6. The summed E-state index contributed by atoms with van der Waals surface area (Å²) in [5.41, 5.74) is 0. The van der Waals surface area contributed by atoms with Gasteiger partial charge in [-0.05, 0) is 135 Å². The van der Waals surface area contributed by atoms with Crippen molar-refractivity contribution < 1.29 is 28.6 Å². The summed E-state index contributed by atoms with van der Waals surface area (Å²) in [6.07, 6.45) is 95.4. The van der Waals surface area contributed by atoms with Gasteiger partial charge >= 0.3 is 17.9 Å². The summed E-state index contributed by atoms with van der Waals surface area (Å²) in [6, 6.07) is 0. The van der Waals surface area contributed by atoms with E-state index in [1.54, 1.807) is 0 Å². The van der Waals surface area contributed by atoms with Crippen LogP contribution in [0.5, 0.6) is 0 Å². The summed E-state index contributed by atoms with van der Waals surface area (Å²) in [5.74, 6) is -1.03. The van der Waals surface area contributed by atoms with Gasteiger partial charge in [0.05, 0.1) is 0 Å². The number of esters is 3. The molecule has 0 aromatic carbocycles. The van der Waals surface area contributed by atoms with Crippen LogP contribution in [0.3, 0.4) is 0 Å². The average Bonchev–Trinajstić information content (AvgIpc) is 3.45. The first-order chi connectivity index (χ1) is 39.0. The zero-order valence-electron chi connectivity index (χ0n) is 50.8. The molecule has 0 aliphatic heterocycles. The van der Waals surface area contributed by atoms with Crippen molar-refractivity contribution in [3.63, 3.8) is 0 Å². The van der Waals surface area contributed by atoms with Crippen LogP contribution in [0.15, 0.2) is 158 Å². The second-order valence-electron chi connectivity index (χ2n) is 20.5. The van der Waals surface area contributed by atoms with Gasteiger partial charge in [-0.25, -0.2) is 0 Å². The fourth-order valence-corrected chi connectivity index (χ4v) is 8.29. The molecular weight excluding hydrogens is 973 g/mol. The minimum Gasteiger partial charge on any atom is -0.462 e. The van der Waals surface area contributed by atoms with E-state index in [4.69, 9.17) is 14.2 Å². The monoisotopic (exact) mass is 1090 g/mol. The predicted molar refractivity (Wildman–Crippen MR) is 343 cm³/mol. The third-order valence-electron chi connectivity index (χ3n) is 13.0. The molecule has 0 saturated carbocycles. The second kappa shape index (κ2) is 65.5. The number of carbonyl (C=O) groups excluding carboxylic acids is 3. The molecule has 6 heteroatoms. The highest BCUT2D eigenvalue weighted by Gasteiger charge is 2.19. The van der Waals surface area contributed by atoms with Crippen molar-refractivity contribution in [1.29, 1.82) is 0 Å². The fraction of sp³-hybridized carbons (Fsp3) is 0.603. The van der Waals surface area contributed by atoms with Crippen LogP contribution in [0.25, 0.3) is 0 Å². The Bertz CT molecular complexity index is 1780. The summed E-state index contributed by atoms with van der Waals surface area (Å²) < 4.78 is 16.8. The van der Waals surface area contributed by atoms with E-state index in [1.165, 1.54) is 83.5 Å². The summed E-state index contributed by atoms with van der Waals surface area (Å²) in [7, 11) is 0. The maximum absolute atomic E-state index is 12.9. The molecule has 6 nitrogen and oxygen atoms in total.